The number of nitro benzene ring substituents is 1. The van der Waals surface area contributed by atoms with Gasteiger partial charge in [0.2, 0.25) is 0 Å². The van der Waals surface area contributed by atoms with Crippen molar-refractivity contribution in [1.82, 2.24) is 14.9 Å². The number of hydrogen-bond donors (Lipinski definition) is 0. The number of anilines is 1. The lowest BCUT2D eigenvalue weighted by Crippen LogP contribution is -2.49. The van der Waals surface area contributed by atoms with Gasteiger partial charge in [0, 0.05) is 56.0 Å². The Morgan fingerprint density at radius 1 is 1.03 bits per heavy atom. The number of piperazine rings is 1. The van der Waals surface area contributed by atoms with Gasteiger partial charge >= 0.3 is 0 Å². The van der Waals surface area contributed by atoms with Crippen molar-refractivity contribution in [1.29, 1.82) is 0 Å². The number of carbonyl (C=O) groups excluding carboxylic acids is 1. The second-order valence-electron chi connectivity index (χ2n) is 8.51. The van der Waals surface area contributed by atoms with Crippen LogP contribution >= 0.6 is 0 Å². The summed E-state index contributed by atoms with van der Waals surface area (Å²) >= 11 is 0. The molecule has 9 nitrogen and oxygen atoms in total. The summed E-state index contributed by atoms with van der Waals surface area (Å²) < 4.78 is 5.90. The van der Waals surface area contributed by atoms with Crippen LogP contribution in [-0.4, -0.2) is 51.9 Å². The number of hydrogen-bond acceptors (Lipinski definition) is 7. The molecule has 4 rings (SSSR count). The Bertz CT molecular complexity index is 1190. The van der Waals surface area contributed by atoms with E-state index in [1.54, 1.807) is 17.0 Å². The van der Waals surface area contributed by atoms with E-state index in [4.69, 9.17) is 9.72 Å². The lowest BCUT2D eigenvalue weighted by molar-refractivity contribution is -0.384. The zero-order chi connectivity index (χ0) is 24.2. The number of amides is 1. The van der Waals surface area contributed by atoms with Gasteiger partial charge in [-0.2, -0.15) is 0 Å². The number of aromatic nitrogens is 2. The van der Waals surface area contributed by atoms with Gasteiger partial charge in [0.15, 0.2) is 0 Å². The predicted molar refractivity (Wildman–Crippen MR) is 129 cm³/mol. The molecule has 2 aromatic carbocycles. The summed E-state index contributed by atoms with van der Waals surface area (Å²) in [5, 5.41) is 11.3. The average Bonchev–Trinajstić information content (AvgIpc) is 2.84. The number of benzene rings is 2. The quantitative estimate of drug-likeness (QED) is 0.391. The van der Waals surface area contributed by atoms with E-state index in [0.717, 1.165) is 17.3 Å². The normalized spacial score (nSPS) is 13.8. The first kappa shape index (κ1) is 23.2. The molecule has 2 heterocycles. The lowest BCUT2D eigenvalue weighted by Gasteiger charge is -2.35. The van der Waals surface area contributed by atoms with Gasteiger partial charge in [0.1, 0.15) is 23.1 Å². The number of nitrogens with zero attached hydrogens (tertiary/aromatic N) is 5. The summed E-state index contributed by atoms with van der Waals surface area (Å²) in [5.41, 5.74) is 0.929. The highest BCUT2D eigenvalue weighted by atomic mass is 16.6. The van der Waals surface area contributed by atoms with E-state index < -0.39 is 4.92 Å². The highest BCUT2D eigenvalue weighted by molar-refractivity contribution is 5.98. The molecule has 34 heavy (non-hydrogen) atoms. The summed E-state index contributed by atoms with van der Waals surface area (Å²) in [5.74, 6) is 2.42. The largest absolute Gasteiger partial charge is 0.457 e. The van der Waals surface area contributed by atoms with E-state index >= 15 is 0 Å². The molecule has 0 atom stereocenters. The van der Waals surface area contributed by atoms with Crippen molar-refractivity contribution in [3.05, 3.63) is 81.8 Å². The molecule has 1 aliphatic rings. The smallest absolute Gasteiger partial charge is 0.270 e. The van der Waals surface area contributed by atoms with Crippen LogP contribution in [0, 0.1) is 17.0 Å². The highest BCUT2D eigenvalue weighted by Crippen LogP contribution is 2.30. The molecular formula is C25H27N5O4. The Kier molecular flexibility index (Phi) is 6.72. The fraction of sp³-hybridized carbons (Fsp3) is 0.320. The van der Waals surface area contributed by atoms with Crippen LogP contribution in [0.15, 0.2) is 54.6 Å². The summed E-state index contributed by atoms with van der Waals surface area (Å²) in [6.07, 6.45) is 0. The number of carbonyl (C=O) groups is 1. The molecule has 1 amide bonds. The summed E-state index contributed by atoms with van der Waals surface area (Å²) in [4.78, 5) is 37.3. The van der Waals surface area contributed by atoms with Crippen molar-refractivity contribution < 1.29 is 14.5 Å². The van der Waals surface area contributed by atoms with Crippen molar-refractivity contribution in [2.45, 2.75) is 26.7 Å². The van der Waals surface area contributed by atoms with E-state index in [1.807, 2.05) is 31.2 Å². The monoisotopic (exact) mass is 461 g/mol. The molecule has 0 aliphatic carbocycles. The first-order chi connectivity index (χ1) is 16.3. The molecule has 0 bridgehead atoms. The zero-order valence-electron chi connectivity index (χ0n) is 19.5. The second kappa shape index (κ2) is 9.86. The van der Waals surface area contributed by atoms with Crippen LogP contribution in [0.4, 0.5) is 11.5 Å². The number of rotatable bonds is 6. The third-order valence-corrected chi connectivity index (χ3v) is 5.64. The van der Waals surface area contributed by atoms with Crippen molar-refractivity contribution in [2.24, 2.45) is 0 Å². The maximum atomic E-state index is 13.4. The molecule has 3 aromatic rings. The van der Waals surface area contributed by atoms with Crippen LogP contribution in [0.1, 0.15) is 41.6 Å². The van der Waals surface area contributed by atoms with E-state index in [-0.39, 0.29) is 28.8 Å². The van der Waals surface area contributed by atoms with Crippen LogP contribution in [0.25, 0.3) is 0 Å². The molecule has 0 radical (unpaired) electrons. The van der Waals surface area contributed by atoms with E-state index in [9.17, 15) is 14.9 Å². The Morgan fingerprint density at radius 2 is 1.74 bits per heavy atom. The number of nitro groups is 1. The topological polar surface area (TPSA) is 102 Å². The van der Waals surface area contributed by atoms with Crippen molar-refractivity contribution in [3.8, 4) is 11.5 Å². The Morgan fingerprint density at radius 3 is 2.38 bits per heavy atom. The summed E-state index contributed by atoms with van der Waals surface area (Å²) in [6.45, 7) is 8.20. The SMILES string of the molecule is Cc1cc(N2CCN(C(=O)c3cc([N+](=O)[O-])ccc3Oc3ccccc3)CC2)nc(C(C)C)n1. The van der Waals surface area contributed by atoms with Crippen LogP contribution in [0.5, 0.6) is 11.5 Å². The van der Waals surface area contributed by atoms with Crippen molar-refractivity contribution in [2.75, 3.05) is 31.1 Å². The molecule has 0 N–H and O–H groups in total. The second-order valence-corrected chi connectivity index (χ2v) is 8.51. The van der Waals surface area contributed by atoms with Gasteiger partial charge in [-0.3, -0.25) is 14.9 Å². The summed E-state index contributed by atoms with van der Waals surface area (Å²) in [6, 6.07) is 15.1. The average molecular weight is 462 g/mol. The molecule has 1 fully saturated rings. The van der Waals surface area contributed by atoms with Crippen molar-refractivity contribution >= 4 is 17.4 Å². The van der Waals surface area contributed by atoms with Gasteiger partial charge in [0.05, 0.1) is 10.5 Å². The Labute approximate surface area is 198 Å². The standard InChI is InChI=1S/C25H27N5O4/c1-17(2)24-26-18(3)15-23(27-24)28-11-13-29(14-12-28)25(31)21-16-19(30(32)33)9-10-22(21)34-20-7-5-4-6-8-20/h4-10,15-17H,11-14H2,1-3H3. The van der Waals surface area contributed by atoms with Crippen LogP contribution < -0.4 is 9.64 Å². The minimum absolute atomic E-state index is 0.153. The predicted octanol–water partition coefficient (Wildman–Crippen LogP) is 4.57. The first-order valence-corrected chi connectivity index (χ1v) is 11.2. The molecular weight excluding hydrogens is 434 g/mol. The minimum atomic E-state index is -0.509. The number of para-hydroxylation sites is 1. The third-order valence-electron chi connectivity index (χ3n) is 5.64. The molecule has 0 saturated carbocycles. The first-order valence-electron chi connectivity index (χ1n) is 11.2. The summed E-state index contributed by atoms with van der Waals surface area (Å²) in [7, 11) is 0. The maximum absolute atomic E-state index is 13.4. The molecule has 1 aliphatic heterocycles. The van der Waals surface area contributed by atoms with Crippen LogP contribution in [-0.2, 0) is 0 Å². The molecule has 176 valence electrons. The molecule has 1 saturated heterocycles. The van der Waals surface area contributed by atoms with E-state index in [0.29, 0.717) is 31.9 Å². The molecule has 0 spiro atoms. The van der Waals surface area contributed by atoms with Gasteiger partial charge in [0.25, 0.3) is 11.6 Å². The molecule has 0 unspecified atom stereocenters. The Balaban J connectivity index is 1.53. The van der Waals surface area contributed by atoms with Crippen LogP contribution in [0.2, 0.25) is 0 Å². The van der Waals surface area contributed by atoms with Gasteiger partial charge in [-0.25, -0.2) is 9.97 Å². The van der Waals surface area contributed by atoms with Gasteiger partial charge in [-0.05, 0) is 25.1 Å². The van der Waals surface area contributed by atoms with Gasteiger partial charge in [-0.15, -0.1) is 0 Å². The Hall–Kier alpha value is -4.01. The lowest BCUT2D eigenvalue weighted by atomic mass is 10.1. The molecule has 1 aromatic heterocycles. The zero-order valence-corrected chi connectivity index (χ0v) is 19.5. The number of non-ortho nitro benzene ring substituents is 1. The van der Waals surface area contributed by atoms with Gasteiger partial charge < -0.3 is 14.5 Å². The maximum Gasteiger partial charge on any atom is 0.270 e. The molecule has 9 heteroatoms. The van der Waals surface area contributed by atoms with Crippen LogP contribution in [0.3, 0.4) is 0 Å². The fourth-order valence-electron chi connectivity index (χ4n) is 3.81. The third kappa shape index (κ3) is 5.14. The highest BCUT2D eigenvalue weighted by Gasteiger charge is 2.27. The number of aryl methyl sites for hydroxylation is 1. The van der Waals surface area contributed by atoms with Crippen molar-refractivity contribution in [3.63, 3.8) is 0 Å². The minimum Gasteiger partial charge on any atom is -0.457 e. The van der Waals surface area contributed by atoms with Gasteiger partial charge in [-0.1, -0.05) is 32.0 Å². The number of ether oxygens (including phenoxy) is 1. The van der Waals surface area contributed by atoms with E-state index in [2.05, 4.69) is 23.7 Å². The van der Waals surface area contributed by atoms with E-state index in [1.165, 1.54) is 18.2 Å². The fourth-order valence-corrected chi connectivity index (χ4v) is 3.81.